The Morgan fingerprint density at radius 3 is 2.80 bits per heavy atom. The van der Waals surface area contributed by atoms with Crippen molar-refractivity contribution in [2.24, 2.45) is 0 Å². The van der Waals surface area contributed by atoms with E-state index >= 15 is 0 Å². The lowest BCUT2D eigenvalue weighted by molar-refractivity contribution is -0.186. The molecule has 110 valence electrons. The van der Waals surface area contributed by atoms with Gasteiger partial charge in [0.05, 0.1) is 0 Å². The summed E-state index contributed by atoms with van der Waals surface area (Å²) in [6.45, 7) is 0.224. The minimum Gasteiger partial charge on any atom is -0.350 e. The Hall–Kier alpha value is -1.57. The number of alkyl halides is 3. The summed E-state index contributed by atoms with van der Waals surface area (Å²) in [5.41, 5.74) is 0.884. The highest BCUT2D eigenvalue weighted by Gasteiger charge is 2.47. The van der Waals surface area contributed by atoms with Crippen molar-refractivity contribution in [2.75, 3.05) is 6.54 Å². The molecule has 2 amide bonds. The molecule has 0 spiro atoms. The highest BCUT2D eigenvalue weighted by molar-refractivity contribution is 7.07. The molecule has 0 bridgehead atoms. The van der Waals surface area contributed by atoms with Gasteiger partial charge in [-0.05, 0) is 35.2 Å². The molecular formula is C12H13F3N2O2S. The van der Waals surface area contributed by atoms with Crippen LogP contribution in [0.4, 0.5) is 13.2 Å². The second kappa shape index (κ2) is 5.82. The Bertz CT molecular complexity index is 487. The molecule has 4 nitrogen and oxygen atoms in total. The van der Waals surface area contributed by atoms with E-state index in [1.807, 2.05) is 16.8 Å². The summed E-state index contributed by atoms with van der Waals surface area (Å²) in [5.74, 6) is -2.48. The van der Waals surface area contributed by atoms with E-state index < -0.39 is 24.0 Å². The van der Waals surface area contributed by atoms with Crippen molar-refractivity contribution in [3.05, 3.63) is 22.4 Å². The number of amides is 2. The van der Waals surface area contributed by atoms with Crippen LogP contribution in [0.3, 0.4) is 0 Å². The average Bonchev–Trinajstić information content (AvgIpc) is 3.04. The number of carbonyl (C=O) groups is 2. The third-order valence-corrected chi connectivity index (χ3v) is 3.84. The molecule has 20 heavy (non-hydrogen) atoms. The molecule has 8 heteroatoms. The van der Waals surface area contributed by atoms with E-state index in [-0.39, 0.29) is 19.5 Å². The minimum atomic E-state index is -4.93. The molecule has 2 heterocycles. The summed E-state index contributed by atoms with van der Waals surface area (Å²) >= 11 is 1.47. The van der Waals surface area contributed by atoms with Crippen molar-refractivity contribution in [2.45, 2.75) is 31.6 Å². The fourth-order valence-corrected chi connectivity index (χ4v) is 2.81. The molecule has 1 aliphatic heterocycles. The van der Waals surface area contributed by atoms with Crippen LogP contribution in [0.1, 0.15) is 18.4 Å². The van der Waals surface area contributed by atoms with Gasteiger partial charge in [-0.15, -0.1) is 0 Å². The molecule has 0 saturated carbocycles. The van der Waals surface area contributed by atoms with Crippen molar-refractivity contribution >= 4 is 23.2 Å². The molecule has 0 aromatic carbocycles. The number of nitrogens with one attached hydrogen (secondary N) is 1. The molecule has 1 N–H and O–H groups in total. The summed E-state index contributed by atoms with van der Waals surface area (Å²) in [6, 6.07) is 0.792. The lowest BCUT2D eigenvalue weighted by Crippen LogP contribution is -2.50. The van der Waals surface area contributed by atoms with Crippen molar-refractivity contribution in [3.63, 3.8) is 0 Å². The van der Waals surface area contributed by atoms with Crippen LogP contribution in [-0.4, -0.2) is 35.5 Å². The molecule has 1 saturated heterocycles. The van der Waals surface area contributed by atoms with Crippen LogP contribution < -0.4 is 5.32 Å². The Morgan fingerprint density at radius 1 is 1.45 bits per heavy atom. The van der Waals surface area contributed by atoms with Crippen LogP contribution in [0.5, 0.6) is 0 Å². The summed E-state index contributed by atoms with van der Waals surface area (Å²) in [7, 11) is 0. The van der Waals surface area contributed by atoms with Gasteiger partial charge in [0.25, 0.3) is 0 Å². The van der Waals surface area contributed by atoms with E-state index in [1.165, 1.54) is 11.3 Å². The van der Waals surface area contributed by atoms with E-state index in [4.69, 9.17) is 0 Å². The number of likely N-dealkylation sites (tertiary alicyclic amines) is 1. The number of hydrogen-bond donors (Lipinski definition) is 1. The van der Waals surface area contributed by atoms with Crippen LogP contribution in [-0.2, 0) is 16.1 Å². The summed E-state index contributed by atoms with van der Waals surface area (Å²) < 4.78 is 37.3. The van der Waals surface area contributed by atoms with Crippen molar-refractivity contribution in [1.29, 1.82) is 0 Å². The number of nitrogens with zero attached hydrogens (tertiary/aromatic N) is 1. The largest absolute Gasteiger partial charge is 0.471 e. The number of thiophene rings is 1. The van der Waals surface area contributed by atoms with Crippen LogP contribution in [0.25, 0.3) is 0 Å². The number of halogens is 3. The van der Waals surface area contributed by atoms with Crippen LogP contribution in [0.15, 0.2) is 16.8 Å². The van der Waals surface area contributed by atoms with Gasteiger partial charge in [-0.2, -0.15) is 24.5 Å². The second-order valence-electron chi connectivity index (χ2n) is 4.50. The van der Waals surface area contributed by atoms with E-state index in [2.05, 4.69) is 5.32 Å². The van der Waals surface area contributed by atoms with Gasteiger partial charge in [0.1, 0.15) is 6.04 Å². The standard InChI is InChI=1S/C12H13F3N2O2S/c13-12(14,15)11(19)17-4-1-2-9(17)10(18)16-6-8-3-5-20-7-8/h3,5,7,9H,1-2,4,6H2,(H,16,18). The van der Waals surface area contributed by atoms with E-state index in [0.717, 1.165) is 5.56 Å². The highest BCUT2D eigenvalue weighted by Crippen LogP contribution is 2.25. The van der Waals surface area contributed by atoms with Gasteiger partial charge in [0.2, 0.25) is 5.91 Å². The lowest BCUT2D eigenvalue weighted by Gasteiger charge is -2.24. The Kier molecular flexibility index (Phi) is 4.32. The second-order valence-corrected chi connectivity index (χ2v) is 5.28. The third-order valence-electron chi connectivity index (χ3n) is 3.11. The molecule has 1 fully saturated rings. The quantitative estimate of drug-likeness (QED) is 0.927. The molecule has 1 aliphatic rings. The van der Waals surface area contributed by atoms with Gasteiger partial charge in [0, 0.05) is 13.1 Å². The van der Waals surface area contributed by atoms with Gasteiger partial charge < -0.3 is 10.2 Å². The summed E-state index contributed by atoms with van der Waals surface area (Å²) in [5, 5.41) is 6.25. The van der Waals surface area contributed by atoms with Gasteiger partial charge in [-0.1, -0.05) is 0 Å². The monoisotopic (exact) mass is 306 g/mol. The zero-order chi connectivity index (χ0) is 14.8. The zero-order valence-electron chi connectivity index (χ0n) is 10.4. The van der Waals surface area contributed by atoms with Gasteiger partial charge in [0.15, 0.2) is 0 Å². The van der Waals surface area contributed by atoms with Gasteiger partial charge >= 0.3 is 12.1 Å². The first kappa shape index (κ1) is 14.8. The lowest BCUT2D eigenvalue weighted by atomic mass is 10.2. The predicted molar refractivity (Wildman–Crippen MR) is 67.0 cm³/mol. The first-order valence-electron chi connectivity index (χ1n) is 6.06. The maximum Gasteiger partial charge on any atom is 0.471 e. The van der Waals surface area contributed by atoms with E-state index in [1.54, 1.807) is 0 Å². The fraction of sp³-hybridized carbons (Fsp3) is 0.500. The maximum atomic E-state index is 12.4. The van der Waals surface area contributed by atoms with Crippen LogP contribution >= 0.6 is 11.3 Å². The van der Waals surface area contributed by atoms with E-state index in [9.17, 15) is 22.8 Å². The van der Waals surface area contributed by atoms with Crippen molar-refractivity contribution < 1.29 is 22.8 Å². The molecular weight excluding hydrogens is 293 g/mol. The molecule has 0 aliphatic carbocycles. The summed E-state index contributed by atoms with van der Waals surface area (Å²) in [6.07, 6.45) is -4.27. The Labute approximate surface area is 117 Å². The minimum absolute atomic E-state index is 0.0329. The van der Waals surface area contributed by atoms with Crippen LogP contribution in [0.2, 0.25) is 0 Å². The SMILES string of the molecule is O=C(NCc1ccsc1)C1CCCN1C(=O)C(F)(F)F. The number of carbonyl (C=O) groups excluding carboxylic acids is 2. The summed E-state index contributed by atoms with van der Waals surface area (Å²) in [4.78, 5) is 23.8. The first-order valence-corrected chi connectivity index (χ1v) is 7.00. The number of hydrogen-bond acceptors (Lipinski definition) is 3. The van der Waals surface area contributed by atoms with Crippen molar-refractivity contribution in [3.8, 4) is 0 Å². The smallest absolute Gasteiger partial charge is 0.350 e. The van der Waals surface area contributed by atoms with Crippen molar-refractivity contribution in [1.82, 2.24) is 10.2 Å². The topological polar surface area (TPSA) is 49.4 Å². The zero-order valence-corrected chi connectivity index (χ0v) is 11.3. The average molecular weight is 306 g/mol. The Morgan fingerprint density at radius 2 is 2.20 bits per heavy atom. The normalized spacial score (nSPS) is 19.1. The number of rotatable bonds is 3. The highest BCUT2D eigenvalue weighted by atomic mass is 32.1. The molecule has 1 unspecified atom stereocenters. The molecule has 2 rings (SSSR count). The first-order chi connectivity index (χ1) is 9.39. The van der Waals surface area contributed by atoms with Gasteiger partial charge in [-0.3, -0.25) is 9.59 Å². The fourth-order valence-electron chi connectivity index (χ4n) is 2.15. The molecule has 1 atom stereocenters. The molecule has 0 radical (unpaired) electrons. The Balaban J connectivity index is 1.96. The molecule has 1 aromatic heterocycles. The van der Waals surface area contributed by atoms with E-state index in [0.29, 0.717) is 11.3 Å². The molecule has 1 aromatic rings. The predicted octanol–water partition coefficient (Wildman–Crippen LogP) is 1.92. The van der Waals surface area contributed by atoms with Crippen LogP contribution in [0, 0.1) is 0 Å². The maximum absolute atomic E-state index is 12.4. The third kappa shape index (κ3) is 3.30. The van der Waals surface area contributed by atoms with Gasteiger partial charge in [-0.25, -0.2) is 0 Å².